The molecule has 1 amide bonds. The van der Waals surface area contributed by atoms with Gasteiger partial charge in [-0.2, -0.15) is 0 Å². The van der Waals surface area contributed by atoms with E-state index in [1.807, 2.05) is 24.3 Å². The number of carbonyl (C=O) groups is 1. The van der Waals surface area contributed by atoms with Crippen LogP contribution in [0.1, 0.15) is 21.5 Å². The van der Waals surface area contributed by atoms with Crippen LogP contribution >= 0.6 is 11.6 Å². The van der Waals surface area contributed by atoms with Crippen molar-refractivity contribution in [2.45, 2.75) is 12.2 Å². The Hall–Kier alpha value is -1.85. The van der Waals surface area contributed by atoms with Crippen molar-refractivity contribution in [1.82, 2.24) is 5.32 Å². The highest BCUT2D eigenvalue weighted by molar-refractivity contribution is 7.89. The summed E-state index contributed by atoms with van der Waals surface area (Å²) < 4.78 is 22.5. The van der Waals surface area contributed by atoms with Crippen molar-refractivity contribution in [3.05, 3.63) is 70.2 Å². The number of halogens is 1. The van der Waals surface area contributed by atoms with Crippen LogP contribution in [0, 0.1) is 0 Å². The second kappa shape index (κ2) is 7.62. The van der Waals surface area contributed by atoms with Gasteiger partial charge in [0.25, 0.3) is 5.91 Å². The van der Waals surface area contributed by atoms with Gasteiger partial charge in [-0.15, -0.1) is 0 Å². The molecule has 4 nitrogen and oxygen atoms in total. The molecule has 0 aliphatic rings. The highest BCUT2D eigenvalue weighted by Gasteiger charge is 2.07. The quantitative estimate of drug-likeness (QED) is 0.870. The lowest BCUT2D eigenvalue weighted by Gasteiger charge is -2.06. The third-order valence-corrected chi connectivity index (χ3v) is 4.37. The standard InChI is InChI=1S/C17H18ClNO3S/c1-23(21,22)12-14-2-6-15(7-3-14)17(20)19-11-10-13-4-8-16(18)9-5-13/h2-9H,10-12H2,1H3,(H,19,20). The summed E-state index contributed by atoms with van der Waals surface area (Å²) in [4.78, 5) is 12.0. The van der Waals surface area contributed by atoms with Crippen LogP contribution in [0.25, 0.3) is 0 Å². The van der Waals surface area contributed by atoms with Gasteiger partial charge in [0.1, 0.15) is 0 Å². The molecule has 0 heterocycles. The van der Waals surface area contributed by atoms with Crippen LogP contribution in [0.3, 0.4) is 0 Å². The van der Waals surface area contributed by atoms with Gasteiger partial charge in [0, 0.05) is 23.4 Å². The Morgan fingerprint density at radius 2 is 1.57 bits per heavy atom. The van der Waals surface area contributed by atoms with Gasteiger partial charge in [-0.3, -0.25) is 4.79 Å². The average molecular weight is 352 g/mol. The zero-order valence-corrected chi connectivity index (χ0v) is 14.3. The fourth-order valence-electron chi connectivity index (χ4n) is 2.13. The van der Waals surface area contributed by atoms with Crippen molar-refractivity contribution < 1.29 is 13.2 Å². The van der Waals surface area contributed by atoms with E-state index in [0.29, 0.717) is 22.7 Å². The molecule has 0 bridgehead atoms. The predicted molar refractivity (Wildman–Crippen MR) is 92.5 cm³/mol. The fraction of sp³-hybridized carbons (Fsp3) is 0.235. The minimum Gasteiger partial charge on any atom is -0.352 e. The maximum absolute atomic E-state index is 12.0. The first-order valence-corrected chi connectivity index (χ1v) is 9.57. The molecule has 2 aromatic rings. The lowest BCUT2D eigenvalue weighted by molar-refractivity contribution is 0.0954. The summed E-state index contributed by atoms with van der Waals surface area (Å²) in [5.74, 6) is -0.198. The van der Waals surface area contributed by atoms with E-state index in [-0.39, 0.29) is 11.7 Å². The molecule has 23 heavy (non-hydrogen) atoms. The van der Waals surface area contributed by atoms with E-state index >= 15 is 0 Å². The maximum atomic E-state index is 12.0. The lowest BCUT2D eigenvalue weighted by Crippen LogP contribution is -2.25. The molecule has 1 N–H and O–H groups in total. The van der Waals surface area contributed by atoms with Crippen molar-refractivity contribution in [2.75, 3.05) is 12.8 Å². The van der Waals surface area contributed by atoms with Crippen LogP contribution in [0.5, 0.6) is 0 Å². The molecule has 0 saturated carbocycles. The molecular weight excluding hydrogens is 334 g/mol. The molecule has 2 rings (SSSR count). The number of carbonyl (C=O) groups excluding carboxylic acids is 1. The average Bonchev–Trinajstić information content (AvgIpc) is 2.48. The number of nitrogens with one attached hydrogen (secondary N) is 1. The summed E-state index contributed by atoms with van der Waals surface area (Å²) in [6.07, 6.45) is 1.90. The molecular formula is C17H18ClNO3S. The summed E-state index contributed by atoms with van der Waals surface area (Å²) in [7, 11) is -3.07. The van der Waals surface area contributed by atoms with Gasteiger partial charge in [0.15, 0.2) is 9.84 Å². The Bertz CT molecular complexity index is 768. The number of amides is 1. The molecule has 0 aliphatic carbocycles. The number of hydrogen-bond acceptors (Lipinski definition) is 3. The second-order valence-electron chi connectivity index (χ2n) is 5.40. The van der Waals surface area contributed by atoms with E-state index in [1.165, 1.54) is 6.26 Å². The SMILES string of the molecule is CS(=O)(=O)Cc1ccc(C(=O)NCCc2ccc(Cl)cc2)cc1. The van der Waals surface area contributed by atoms with E-state index in [9.17, 15) is 13.2 Å². The molecule has 0 spiro atoms. The Kier molecular flexibility index (Phi) is 5.80. The smallest absolute Gasteiger partial charge is 0.251 e. The van der Waals surface area contributed by atoms with E-state index in [1.54, 1.807) is 24.3 Å². The molecule has 0 atom stereocenters. The van der Waals surface area contributed by atoms with Gasteiger partial charge >= 0.3 is 0 Å². The maximum Gasteiger partial charge on any atom is 0.251 e. The molecule has 2 aromatic carbocycles. The van der Waals surface area contributed by atoms with Gasteiger partial charge < -0.3 is 5.32 Å². The summed E-state index contributed by atoms with van der Waals surface area (Å²) in [5.41, 5.74) is 2.28. The van der Waals surface area contributed by atoms with Gasteiger partial charge in [0.2, 0.25) is 0 Å². The van der Waals surface area contributed by atoms with Gasteiger partial charge in [0.05, 0.1) is 5.75 Å². The van der Waals surface area contributed by atoms with Crippen molar-refractivity contribution in [1.29, 1.82) is 0 Å². The highest BCUT2D eigenvalue weighted by Crippen LogP contribution is 2.10. The zero-order chi connectivity index (χ0) is 16.9. The third-order valence-electron chi connectivity index (χ3n) is 3.26. The first kappa shape index (κ1) is 17.5. The first-order valence-electron chi connectivity index (χ1n) is 7.13. The fourth-order valence-corrected chi connectivity index (χ4v) is 3.05. The summed E-state index contributed by atoms with van der Waals surface area (Å²) in [5, 5.41) is 3.53. The number of rotatable bonds is 6. The van der Waals surface area contributed by atoms with Crippen molar-refractivity contribution in [2.24, 2.45) is 0 Å². The molecule has 0 fully saturated rings. The minimum atomic E-state index is -3.07. The van der Waals surface area contributed by atoms with E-state index in [0.717, 1.165) is 12.0 Å². The Labute approximate surface area is 141 Å². The Morgan fingerprint density at radius 1 is 1.00 bits per heavy atom. The Morgan fingerprint density at radius 3 is 2.13 bits per heavy atom. The van der Waals surface area contributed by atoms with E-state index < -0.39 is 9.84 Å². The van der Waals surface area contributed by atoms with Crippen LogP contribution in [0.4, 0.5) is 0 Å². The van der Waals surface area contributed by atoms with Crippen LogP contribution < -0.4 is 5.32 Å². The first-order chi connectivity index (χ1) is 10.8. The van der Waals surface area contributed by atoms with Gasteiger partial charge in [-0.05, 0) is 41.8 Å². The summed E-state index contributed by atoms with van der Waals surface area (Å²) >= 11 is 5.82. The lowest BCUT2D eigenvalue weighted by atomic mass is 10.1. The van der Waals surface area contributed by atoms with E-state index in [4.69, 9.17) is 11.6 Å². The monoisotopic (exact) mass is 351 g/mol. The third kappa shape index (κ3) is 6.04. The normalized spacial score (nSPS) is 11.2. The van der Waals surface area contributed by atoms with Gasteiger partial charge in [-0.1, -0.05) is 35.9 Å². The van der Waals surface area contributed by atoms with Crippen LogP contribution in [-0.4, -0.2) is 27.1 Å². The topological polar surface area (TPSA) is 63.2 Å². The minimum absolute atomic E-state index is 0.0224. The van der Waals surface area contributed by atoms with Crippen LogP contribution in [0.15, 0.2) is 48.5 Å². The van der Waals surface area contributed by atoms with Crippen molar-refractivity contribution in [3.8, 4) is 0 Å². The van der Waals surface area contributed by atoms with Crippen molar-refractivity contribution in [3.63, 3.8) is 0 Å². The molecule has 0 unspecified atom stereocenters. The number of hydrogen-bond donors (Lipinski definition) is 1. The van der Waals surface area contributed by atoms with Crippen LogP contribution in [-0.2, 0) is 22.0 Å². The van der Waals surface area contributed by atoms with Crippen molar-refractivity contribution >= 4 is 27.3 Å². The van der Waals surface area contributed by atoms with E-state index in [2.05, 4.69) is 5.32 Å². The molecule has 0 aliphatic heterocycles. The van der Waals surface area contributed by atoms with Gasteiger partial charge in [-0.25, -0.2) is 8.42 Å². The second-order valence-corrected chi connectivity index (χ2v) is 7.98. The molecule has 0 radical (unpaired) electrons. The Balaban J connectivity index is 1.87. The van der Waals surface area contributed by atoms with Crippen LogP contribution in [0.2, 0.25) is 5.02 Å². The largest absolute Gasteiger partial charge is 0.352 e. The zero-order valence-electron chi connectivity index (χ0n) is 12.8. The molecule has 122 valence electrons. The predicted octanol–water partition coefficient (Wildman–Crippen LogP) is 2.86. The molecule has 0 aromatic heterocycles. The number of sulfone groups is 1. The summed E-state index contributed by atoms with van der Waals surface area (Å²) in [6.45, 7) is 0.519. The number of benzene rings is 2. The summed E-state index contributed by atoms with van der Waals surface area (Å²) in [6, 6.07) is 14.1. The highest BCUT2D eigenvalue weighted by atomic mass is 35.5. The molecule has 6 heteroatoms. The molecule has 0 saturated heterocycles.